The van der Waals surface area contributed by atoms with E-state index in [0.29, 0.717) is 6.04 Å². The molecule has 1 aromatic rings. The summed E-state index contributed by atoms with van der Waals surface area (Å²) in [7, 11) is 3.38. The van der Waals surface area contributed by atoms with Crippen molar-refractivity contribution in [2.75, 3.05) is 20.8 Å². The van der Waals surface area contributed by atoms with Crippen LogP contribution in [0.2, 0.25) is 0 Å². The fraction of sp³-hybridized carbons (Fsp3) is 0.625. The third kappa shape index (κ3) is 2.86. The summed E-state index contributed by atoms with van der Waals surface area (Å²) < 4.78 is 10.8. The average Bonchev–Trinajstić information content (AvgIpc) is 2.36. The molecule has 1 aliphatic rings. The fourth-order valence-corrected chi connectivity index (χ4v) is 2.86. The molecule has 1 atom stereocenters. The van der Waals surface area contributed by atoms with Gasteiger partial charge in [0, 0.05) is 6.04 Å². The van der Waals surface area contributed by atoms with Gasteiger partial charge in [0.25, 0.3) is 0 Å². The quantitative estimate of drug-likeness (QED) is 0.852. The molecule has 1 unspecified atom stereocenters. The monoisotopic (exact) mass is 263 g/mol. The minimum absolute atomic E-state index is 0.443. The van der Waals surface area contributed by atoms with Crippen LogP contribution in [0.4, 0.5) is 0 Å². The van der Waals surface area contributed by atoms with E-state index in [-0.39, 0.29) is 0 Å². The molecule has 19 heavy (non-hydrogen) atoms. The number of ether oxygens (including phenoxy) is 2. The summed E-state index contributed by atoms with van der Waals surface area (Å²) in [6, 6.07) is 4.66. The van der Waals surface area contributed by atoms with E-state index in [0.717, 1.165) is 24.0 Å². The predicted molar refractivity (Wildman–Crippen MR) is 78.0 cm³/mol. The van der Waals surface area contributed by atoms with E-state index >= 15 is 0 Å². The molecule has 1 saturated carbocycles. The molecule has 1 aromatic carbocycles. The molecule has 2 rings (SSSR count). The first-order chi connectivity index (χ1) is 9.21. The van der Waals surface area contributed by atoms with Crippen LogP contribution in [0.15, 0.2) is 12.1 Å². The van der Waals surface area contributed by atoms with E-state index in [1.54, 1.807) is 14.2 Å². The maximum atomic E-state index is 5.44. The first-order valence-electron chi connectivity index (χ1n) is 7.17. The zero-order chi connectivity index (χ0) is 13.8. The molecule has 0 spiro atoms. The van der Waals surface area contributed by atoms with Crippen LogP contribution in [-0.4, -0.2) is 20.8 Å². The normalized spacial score (nSPS) is 16.8. The largest absolute Gasteiger partial charge is 0.493 e. The molecule has 0 amide bonds. The molecule has 0 radical (unpaired) electrons. The molecule has 3 nitrogen and oxygen atoms in total. The zero-order valence-corrected chi connectivity index (χ0v) is 12.5. The van der Waals surface area contributed by atoms with Crippen LogP contribution in [0.25, 0.3) is 0 Å². The molecule has 1 aliphatic carbocycles. The highest BCUT2D eigenvalue weighted by Crippen LogP contribution is 2.41. The van der Waals surface area contributed by atoms with Crippen molar-refractivity contribution in [2.24, 2.45) is 5.92 Å². The van der Waals surface area contributed by atoms with Crippen molar-refractivity contribution in [3.63, 3.8) is 0 Å². The topological polar surface area (TPSA) is 30.5 Å². The van der Waals surface area contributed by atoms with E-state index in [1.807, 2.05) is 0 Å². The molecule has 0 heterocycles. The third-order valence-corrected chi connectivity index (χ3v) is 4.15. The first kappa shape index (κ1) is 14.2. The van der Waals surface area contributed by atoms with Crippen LogP contribution < -0.4 is 14.8 Å². The number of benzene rings is 1. The zero-order valence-electron chi connectivity index (χ0n) is 12.5. The van der Waals surface area contributed by atoms with Gasteiger partial charge in [0.05, 0.1) is 14.2 Å². The van der Waals surface area contributed by atoms with Crippen molar-refractivity contribution >= 4 is 0 Å². The van der Waals surface area contributed by atoms with E-state index in [4.69, 9.17) is 9.47 Å². The molecular weight excluding hydrogens is 238 g/mol. The van der Waals surface area contributed by atoms with Gasteiger partial charge in [-0.2, -0.15) is 0 Å². The number of methoxy groups -OCH3 is 2. The number of rotatable bonds is 6. The van der Waals surface area contributed by atoms with Crippen LogP contribution in [0.1, 0.15) is 43.4 Å². The SMILES string of the molecule is CCNC(c1cc(OC)c(OC)cc1C)C1CCC1. The highest BCUT2D eigenvalue weighted by Gasteiger charge is 2.29. The van der Waals surface area contributed by atoms with E-state index in [9.17, 15) is 0 Å². The Morgan fingerprint density at radius 1 is 1.21 bits per heavy atom. The van der Waals surface area contributed by atoms with Gasteiger partial charge in [0.1, 0.15) is 0 Å². The molecule has 1 N–H and O–H groups in total. The van der Waals surface area contributed by atoms with Gasteiger partial charge >= 0.3 is 0 Å². The summed E-state index contributed by atoms with van der Waals surface area (Å²) in [5.41, 5.74) is 2.62. The summed E-state index contributed by atoms with van der Waals surface area (Å²) in [5.74, 6) is 2.40. The number of aryl methyl sites for hydroxylation is 1. The predicted octanol–water partition coefficient (Wildman–Crippen LogP) is 3.46. The summed E-state index contributed by atoms with van der Waals surface area (Å²) >= 11 is 0. The highest BCUT2D eigenvalue weighted by atomic mass is 16.5. The van der Waals surface area contributed by atoms with Gasteiger partial charge in [-0.25, -0.2) is 0 Å². The van der Waals surface area contributed by atoms with Crippen molar-refractivity contribution < 1.29 is 9.47 Å². The van der Waals surface area contributed by atoms with Crippen molar-refractivity contribution in [1.29, 1.82) is 0 Å². The van der Waals surface area contributed by atoms with Crippen LogP contribution in [0.5, 0.6) is 11.5 Å². The molecule has 0 bridgehead atoms. The first-order valence-corrected chi connectivity index (χ1v) is 7.17. The summed E-state index contributed by atoms with van der Waals surface area (Å²) in [6.07, 6.45) is 4.01. The minimum atomic E-state index is 0.443. The smallest absolute Gasteiger partial charge is 0.161 e. The Bertz CT molecular complexity index is 427. The fourth-order valence-electron chi connectivity index (χ4n) is 2.86. The summed E-state index contributed by atoms with van der Waals surface area (Å²) in [6.45, 7) is 5.32. The van der Waals surface area contributed by atoms with Gasteiger partial charge in [-0.3, -0.25) is 0 Å². The second-order valence-corrected chi connectivity index (χ2v) is 5.29. The van der Waals surface area contributed by atoms with Gasteiger partial charge in [-0.15, -0.1) is 0 Å². The Balaban J connectivity index is 2.35. The molecule has 0 aliphatic heterocycles. The van der Waals surface area contributed by atoms with Crippen molar-refractivity contribution in [3.8, 4) is 11.5 Å². The molecule has 3 heteroatoms. The highest BCUT2D eigenvalue weighted by molar-refractivity contribution is 5.48. The van der Waals surface area contributed by atoms with Gasteiger partial charge < -0.3 is 14.8 Å². The number of hydrogen-bond acceptors (Lipinski definition) is 3. The molecular formula is C16H25NO2. The number of nitrogens with one attached hydrogen (secondary N) is 1. The van der Waals surface area contributed by atoms with Crippen molar-refractivity contribution in [2.45, 2.75) is 39.2 Å². The van der Waals surface area contributed by atoms with E-state index < -0.39 is 0 Å². The average molecular weight is 263 g/mol. The maximum absolute atomic E-state index is 5.44. The lowest BCUT2D eigenvalue weighted by Crippen LogP contribution is -2.32. The van der Waals surface area contributed by atoms with Crippen LogP contribution in [0, 0.1) is 12.8 Å². The second kappa shape index (κ2) is 6.29. The summed E-state index contributed by atoms with van der Waals surface area (Å²) in [5, 5.41) is 3.63. The standard InChI is InChI=1S/C16H25NO2/c1-5-17-16(12-7-6-8-12)13-10-15(19-4)14(18-3)9-11(13)2/h9-10,12,16-17H,5-8H2,1-4H3. The molecule has 0 saturated heterocycles. The van der Waals surface area contributed by atoms with Crippen LogP contribution in [0.3, 0.4) is 0 Å². The Morgan fingerprint density at radius 3 is 2.32 bits per heavy atom. The van der Waals surface area contributed by atoms with Crippen molar-refractivity contribution in [3.05, 3.63) is 23.3 Å². The maximum Gasteiger partial charge on any atom is 0.161 e. The Morgan fingerprint density at radius 2 is 1.84 bits per heavy atom. The van der Waals surface area contributed by atoms with Crippen LogP contribution >= 0.6 is 0 Å². The molecule has 0 aromatic heterocycles. The number of hydrogen-bond donors (Lipinski definition) is 1. The second-order valence-electron chi connectivity index (χ2n) is 5.29. The lowest BCUT2D eigenvalue weighted by molar-refractivity contribution is 0.232. The molecule has 1 fully saturated rings. The lowest BCUT2D eigenvalue weighted by atomic mass is 9.76. The van der Waals surface area contributed by atoms with Crippen molar-refractivity contribution in [1.82, 2.24) is 5.32 Å². The van der Waals surface area contributed by atoms with Gasteiger partial charge in [0.15, 0.2) is 11.5 Å². The van der Waals surface area contributed by atoms with E-state index in [2.05, 4.69) is 31.3 Å². The van der Waals surface area contributed by atoms with E-state index in [1.165, 1.54) is 30.4 Å². The van der Waals surface area contributed by atoms with Gasteiger partial charge in [0.2, 0.25) is 0 Å². The lowest BCUT2D eigenvalue weighted by Gasteiger charge is -2.35. The Kier molecular flexibility index (Phi) is 4.70. The minimum Gasteiger partial charge on any atom is -0.493 e. The van der Waals surface area contributed by atoms with Gasteiger partial charge in [-0.1, -0.05) is 13.3 Å². The van der Waals surface area contributed by atoms with Crippen LogP contribution in [-0.2, 0) is 0 Å². The Hall–Kier alpha value is -1.22. The Labute approximate surface area is 116 Å². The molecule has 106 valence electrons. The third-order valence-electron chi connectivity index (χ3n) is 4.15. The van der Waals surface area contributed by atoms with Gasteiger partial charge in [-0.05, 0) is 55.5 Å². The summed E-state index contributed by atoms with van der Waals surface area (Å²) in [4.78, 5) is 0.